The van der Waals surface area contributed by atoms with Gasteiger partial charge in [-0.2, -0.15) is 0 Å². The smallest absolute Gasteiger partial charge is 0.314 e. The van der Waals surface area contributed by atoms with Gasteiger partial charge in [-0.25, -0.2) is 0 Å². The third-order valence-corrected chi connectivity index (χ3v) is 1.31. The predicted octanol–water partition coefficient (Wildman–Crippen LogP) is 1.89. The number of hydrogen-bond donors (Lipinski definition) is 2. The topological polar surface area (TPSA) is 57.5 Å². The van der Waals surface area contributed by atoms with E-state index >= 15 is 0 Å². The second-order valence-electron chi connectivity index (χ2n) is 2.00. The Bertz CT molecular complexity index is 81.9. The van der Waals surface area contributed by atoms with Crippen molar-refractivity contribution in [1.29, 1.82) is 0 Å². The van der Waals surface area contributed by atoms with Crippen molar-refractivity contribution in [2.24, 2.45) is 0 Å². The van der Waals surface area contributed by atoms with Crippen LogP contribution in [0.2, 0.25) is 5.39 Å². The molecule has 0 saturated carbocycles. The third-order valence-electron chi connectivity index (χ3n) is 0.965. The molecule has 0 bridgehead atoms. The van der Waals surface area contributed by atoms with Gasteiger partial charge in [0, 0.05) is 0 Å². The minimum atomic E-state index is -3.13. The van der Waals surface area contributed by atoms with Crippen LogP contribution in [0.1, 0.15) is 32.6 Å². The summed E-state index contributed by atoms with van der Waals surface area (Å²) in [7, 11) is -3.13. The SMILES string of the molecule is CCCCC[CH2][Ni].O=[PH](O)O. The van der Waals surface area contributed by atoms with E-state index in [-0.39, 0.29) is 0 Å². The molecule has 0 saturated heterocycles. The van der Waals surface area contributed by atoms with Gasteiger partial charge in [0.15, 0.2) is 0 Å². The first kappa shape index (κ1) is 14.2. The summed E-state index contributed by atoms with van der Waals surface area (Å²) in [4.78, 5) is 14.3. The van der Waals surface area contributed by atoms with Gasteiger partial charge < -0.3 is 9.79 Å². The van der Waals surface area contributed by atoms with Crippen molar-refractivity contribution in [3.63, 3.8) is 0 Å². The molecule has 0 heterocycles. The van der Waals surface area contributed by atoms with Gasteiger partial charge in [-0.05, 0) is 0 Å². The van der Waals surface area contributed by atoms with E-state index in [2.05, 4.69) is 22.4 Å². The summed E-state index contributed by atoms with van der Waals surface area (Å²) in [6.07, 6.45) is 5.29. The van der Waals surface area contributed by atoms with Gasteiger partial charge in [-0.3, -0.25) is 4.57 Å². The summed E-state index contributed by atoms with van der Waals surface area (Å²) >= 11 is 4.51. The first-order chi connectivity index (χ1) is 5.15. The zero-order valence-electron chi connectivity index (χ0n) is 6.65. The van der Waals surface area contributed by atoms with Crippen LogP contribution in [0.3, 0.4) is 0 Å². The molecular formula is C6H16NiO3P. The molecule has 0 aromatic carbocycles. The van der Waals surface area contributed by atoms with Crippen molar-refractivity contribution in [2.75, 3.05) is 0 Å². The van der Waals surface area contributed by atoms with E-state index < -0.39 is 8.25 Å². The van der Waals surface area contributed by atoms with E-state index in [1.54, 1.807) is 0 Å². The normalized spacial score (nSPS) is 9.27. The van der Waals surface area contributed by atoms with Gasteiger partial charge in [0.2, 0.25) is 0 Å². The molecule has 0 rings (SSSR count). The van der Waals surface area contributed by atoms with Gasteiger partial charge in [-0.1, -0.05) is 0 Å². The zero-order valence-corrected chi connectivity index (χ0v) is 8.64. The molecule has 0 aliphatic carbocycles. The molecule has 3 nitrogen and oxygen atoms in total. The average molecular weight is 226 g/mol. The molecule has 0 atom stereocenters. The molecule has 0 unspecified atom stereocenters. The Hall–Kier alpha value is 0.644. The maximum Gasteiger partial charge on any atom is 0.314 e. The summed E-state index contributed by atoms with van der Waals surface area (Å²) in [6.45, 7) is 2.22. The fourth-order valence-corrected chi connectivity index (χ4v) is 0.753. The summed E-state index contributed by atoms with van der Waals surface area (Å²) in [5.74, 6) is 0. The molecule has 0 aromatic heterocycles. The molecule has 73 valence electrons. The van der Waals surface area contributed by atoms with Gasteiger partial charge in [-0.15, -0.1) is 0 Å². The van der Waals surface area contributed by atoms with E-state index in [9.17, 15) is 0 Å². The van der Waals surface area contributed by atoms with Gasteiger partial charge in [0.25, 0.3) is 0 Å². The molecule has 5 heteroatoms. The molecule has 0 aromatic rings. The van der Waals surface area contributed by atoms with E-state index in [1.165, 1.54) is 25.7 Å². The van der Waals surface area contributed by atoms with Crippen LogP contribution in [0, 0.1) is 0 Å². The maximum absolute atomic E-state index is 8.74. The fourth-order valence-electron chi connectivity index (χ4n) is 0.506. The Kier molecular flexibility index (Phi) is 17.1. The molecule has 0 aliphatic rings. The van der Waals surface area contributed by atoms with Gasteiger partial charge >= 0.3 is 61.7 Å². The van der Waals surface area contributed by atoms with Gasteiger partial charge in [0.1, 0.15) is 0 Å². The summed E-state index contributed by atoms with van der Waals surface area (Å²) < 4.78 is 8.74. The minimum Gasteiger partial charge on any atom is -0.326 e. The fraction of sp³-hybridized carbons (Fsp3) is 1.00. The zero-order chi connectivity index (χ0) is 9.11. The second kappa shape index (κ2) is 13.2. The first-order valence-electron chi connectivity index (χ1n) is 3.58. The van der Waals surface area contributed by atoms with Crippen LogP contribution in [0.15, 0.2) is 0 Å². The number of hydrogen-bond acceptors (Lipinski definition) is 1. The summed E-state index contributed by atoms with van der Waals surface area (Å²) in [6, 6.07) is 0. The van der Waals surface area contributed by atoms with Crippen LogP contribution >= 0.6 is 8.25 Å². The standard InChI is InChI=1S/C6H13.Ni.H3O3P/c1-3-5-6-4-2;;1-4(2)3/h1,3-6H2,2H3;;4H,(H2,1,2,3). The van der Waals surface area contributed by atoms with E-state index in [0.29, 0.717) is 0 Å². The molecule has 0 aliphatic heterocycles. The van der Waals surface area contributed by atoms with Crippen molar-refractivity contribution < 1.29 is 29.8 Å². The largest absolute Gasteiger partial charge is 0.326 e. The van der Waals surface area contributed by atoms with Crippen molar-refractivity contribution >= 4 is 8.25 Å². The van der Waals surface area contributed by atoms with Crippen LogP contribution in [0.4, 0.5) is 0 Å². The minimum absolute atomic E-state index is 0.986. The monoisotopic (exact) mass is 225 g/mol. The van der Waals surface area contributed by atoms with Crippen LogP contribution in [0.5, 0.6) is 0 Å². The second-order valence-corrected chi connectivity index (χ2v) is 3.06. The summed E-state index contributed by atoms with van der Waals surface area (Å²) in [5, 5.41) is 0.986. The van der Waals surface area contributed by atoms with Crippen LogP contribution in [0.25, 0.3) is 0 Å². The third kappa shape index (κ3) is 36.9. The molecule has 0 spiro atoms. The van der Waals surface area contributed by atoms with E-state index in [4.69, 9.17) is 14.4 Å². The summed E-state index contributed by atoms with van der Waals surface area (Å²) in [5.41, 5.74) is 0. The van der Waals surface area contributed by atoms with E-state index in [1.807, 2.05) is 0 Å². The van der Waals surface area contributed by atoms with Crippen LogP contribution in [-0.4, -0.2) is 9.79 Å². The number of rotatable bonds is 4. The van der Waals surface area contributed by atoms with Crippen molar-refractivity contribution in [2.45, 2.75) is 38.0 Å². The Morgan fingerprint density at radius 1 is 1.27 bits per heavy atom. The van der Waals surface area contributed by atoms with Crippen LogP contribution in [-0.2, 0) is 20.0 Å². The predicted molar refractivity (Wildman–Crippen MR) is 42.4 cm³/mol. The molecule has 11 heavy (non-hydrogen) atoms. The average Bonchev–Trinajstić information content (AvgIpc) is 1.88. The van der Waals surface area contributed by atoms with Crippen molar-refractivity contribution in [3.8, 4) is 0 Å². The Morgan fingerprint density at radius 3 is 2.00 bits per heavy atom. The van der Waals surface area contributed by atoms with Crippen molar-refractivity contribution in [3.05, 3.63) is 0 Å². The Morgan fingerprint density at radius 2 is 1.73 bits per heavy atom. The van der Waals surface area contributed by atoms with Crippen LogP contribution < -0.4 is 0 Å². The molecular weight excluding hydrogens is 210 g/mol. The molecule has 0 amide bonds. The van der Waals surface area contributed by atoms with Crippen molar-refractivity contribution in [1.82, 2.24) is 0 Å². The number of unbranched alkanes of at least 4 members (excludes halogenated alkanes) is 3. The maximum atomic E-state index is 8.74. The molecule has 0 fully saturated rings. The molecule has 2 N–H and O–H groups in total. The Labute approximate surface area is 76.5 Å². The Balaban J connectivity index is 0. The van der Waals surface area contributed by atoms with E-state index in [0.717, 1.165) is 5.39 Å². The molecule has 0 radical (unpaired) electrons. The quantitative estimate of drug-likeness (QED) is 0.437. The van der Waals surface area contributed by atoms with Gasteiger partial charge in [0.05, 0.1) is 0 Å². The first-order valence-corrected chi connectivity index (χ1v) is 5.58.